The third-order valence-electron chi connectivity index (χ3n) is 0.563. The molecule has 0 saturated heterocycles. The van der Waals surface area contributed by atoms with E-state index in [1.165, 1.54) is 0 Å². The standard InChI is InChI=1S/C6H11Cl/c1-4-5-6(2,3)7/h4-5H,1-3H3/b5-4+. The summed E-state index contributed by atoms with van der Waals surface area (Å²) in [6.07, 6.45) is 3.90. The van der Waals surface area contributed by atoms with Crippen LogP contribution in [0.15, 0.2) is 12.2 Å². The molecule has 0 aromatic rings. The molecular weight excluding hydrogens is 108 g/mol. The summed E-state index contributed by atoms with van der Waals surface area (Å²) in [6, 6.07) is 0. The van der Waals surface area contributed by atoms with E-state index in [0.29, 0.717) is 0 Å². The Hall–Kier alpha value is 0.0300. The number of halogens is 1. The molecule has 0 nitrogen and oxygen atoms in total. The summed E-state index contributed by atoms with van der Waals surface area (Å²) >= 11 is 5.75. The fourth-order valence-electron chi connectivity index (χ4n) is 0.396. The van der Waals surface area contributed by atoms with Crippen LogP contribution in [0.25, 0.3) is 0 Å². The Labute approximate surface area is 50.2 Å². The van der Waals surface area contributed by atoms with Crippen molar-refractivity contribution in [2.24, 2.45) is 0 Å². The van der Waals surface area contributed by atoms with E-state index in [9.17, 15) is 0 Å². The summed E-state index contributed by atoms with van der Waals surface area (Å²) in [5.41, 5.74) is 0. The van der Waals surface area contributed by atoms with Crippen LogP contribution in [0, 0.1) is 0 Å². The van der Waals surface area contributed by atoms with E-state index in [1.54, 1.807) is 0 Å². The van der Waals surface area contributed by atoms with Gasteiger partial charge in [-0.05, 0) is 20.8 Å². The molecule has 0 N–H and O–H groups in total. The van der Waals surface area contributed by atoms with Gasteiger partial charge < -0.3 is 0 Å². The summed E-state index contributed by atoms with van der Waals surface area (Å²) in [4.78, 5) is -0.158. The zero-order valence-corrected chi connectivity index (χ0v) is 5.79. The molecular formula is C6H11Cl. The van der Waals surface area contributed by atoms with Crippen molar-refractivity contribution in [2.45, 2.75) is 25.6 Å². The van der Waals surface area contributed by atoms with E-state index in [4.69, 9.17) is 11.6 Å². The zero-order chi connectivity index (χ0) is 5.91. The van der Waals surface area contributed by atoms with Gasteiger partial charge in [0.1, 0.15) is 0 Å². The van der Waals surface area contributed by atoms with Gasteiger partial charge in [-0.15, -0.1) is 11.6 Å². The van der Waals surface area contributed by atoms with Crippen LogP contribution in [0.2, 0.25) is 0 Å². The lowest BCUT2D eigenvalue weighted by atomic mass is 10.2. The van der Waals surface area contributed by atoms with E-state index >= 15 is 0 Å². The molecule has 1 heteroatoms. The summed E-state index contributed by atoms with van der Waals surface area (Å²) < 4.78 is 0. The summed E-state index contributed by atoms with van der Waals surface area (Å²) in [7, 11) is 0. The lowest BCUT2D eigenvalue weighted by molar-refractivity contribution is 0.880. The highest BCUT2D eigenvalue weighted by atomic mass is 35.5. The molecule has 0 aliphatic carbocycles. The van der Waals surface area contributed by atoms with Crippen LogP contribution in [0.4, 0.5) is 0 Å². The smallest absolute Gasteiger partial charge is 0.0569 e. The van der Waals surface area contributed by atoms with Crippen molar-refractivity contribution in [1.82, 2.24) is 0 Å². The first-order valence-electron chi connectivity index (χ1n) is 2.39. The third kappa shape index (κ3) is 6.03. The minimum absolute atomic E-state index is 0.158. The van der Waals surface area contributed by atoms with Gasteiger partial charge in [0, 0.05) is 0 Å². The van der Waals surface area contributed by atoms with E-state index in [-0.39, 0.29) is 4.87 Å². The first-order valence-corrected chi connectivity index (χ1v) is 2.77. The van der Waals surface area contributed by atoms with Gasteiger partial charge in [-0.3, -0.25) is 0 Å². The molecule has 0 bridgehead atoms. The van der Waals surface area contributed by atoms with Gasteiger partial charge in [0.2, 0.25) is 0 Å². The maximum absolute atomic E-state index is 5.75. The molecule has 0 unspecified atom stereocenters. The molecule has 0 spiro atoms. The predicted molar refractivity (Wildman–Crippen MR) is 34.7 cm³/mol. The molecule has 7 heavy (non-hydrogen) atoms. The SMILES string of the molecule is C/C=C/C(C)(C)Cl. The van der Waals surface area contributed by atoms with E-state index in [1.807, 2.05) is 32.9 Å². The molecule has 0 aliphatic rings. The normalized spacial score (nSPS) is 13.1. The Morgan fingerprint density at radius 1 is 1.43 bits per heavy atom. The van der Waals surface area contributed by atoms with E-state index < -0.39 is 0 Å². The van der Waals surface area contributed by atoms with Gasteiger partial charge in [-0.25, -0.2) is 0 Å². The number of alkyl halides is 1. The molecule has 0 fully saturated rings. The predicted octanol–water partition coefficient (Wildman–Crippen LogP) is 2.58. The molecule has 0 rings (SSSR count). The molecule has 0 saturated carbocycles. The first kappa shape index (κ1) is 7.03. The molecule has 0 radical (unpaired) electrons. The van der Waals surface area contributed by atoms with Crippen molar-refractivity contribution in [3.63, 3.8) is 0 Å². The quantitative estimate of drug-likeness (QED) is 0.367. The molecule has 0 heterocycles. The van der Waals surface area contributed by atoms with Crippen LogP contribution < -0.4 is 0 Å². The van der Waals surface area contributed by atoms with Crippen LogP contribution in [0.3, 0.4) is 0 Å². The Morgan fingerprint density at radius 2 is 1.86 bits per heavy atom. The van der Waals surface area contributed by atoms with Crippen LogP contribution in [0.1, 0.15) is 20.8 Å². The van der Waals surface area contributed by atoms with Gasteiger partial charge >= 0.3 is 0 Å². The van der Waals surface area contributed by atoms with Crippen LogP contribution >= 0.6 is 11.6 Å². The summed E-state index contributed by atoms with van der Waals surface area (Å²) in [5.74, 6) is 0. The van der Waals surface area contributed by atoms with Crippen molar-refractivity contribution < 1.29 is 0 Å². The molecule has 0 aromatic carbocycles. The molecule has 0 aromatic heterocycles. The van der Waals surface area contributed by atoms with Gasteiger partial charge in [0.15, 0.2) is 0 Å². The lowest BCUT2D eigenvalue weighted by Crippen LogP contribution is -2.02. The van der Waals surface area contributed by atoms with Crippen LogP contribution in [-0.4, -0.2) is 4.87 Å². The summed E-state index contributed by atoms with van der Waals surface area (Å²) in [6.45, 7) is 5.87. The summed E-state index contributed by atoms with van der Waals surface area (Å²) in [5, 5.41) is 0. The largest absolute Gasteiger partial charge is 0.115 e. The number of hydrogen-bond donors (Lipinski definition) is 0. The average molecular weight is 119 g/mol. The van der Waals surface area contributed by atoms with E-state index in [0.717, 1.165) is 0 Å². The highest BCUT2D eigenvalue weighted by molar-refractivity contribution is 6.24. The fourth-order valence-corrected chi connectivity index (χ4v) is 0.522. The number of rotatable bonds is 1. The number of allylic oxidation sites excluding steroid dienone is 2. The van der Waals surface area contributed by atoms with Crippen molar-refractivity contribution in [3.8, 4) is 0 Å². The highest BCUT2D eigenvalue weighted by Crippen LogP contribution is 2.12. The Kier molecular flexibility index (Phi) is 2.38. The van der Waals surface area contributed by atoms with E-state index in [2.05, 4.69) is 0 Å². The van der Waals surface area contributed by atoms with Crippen LogP contribution in [0.5, 0.6) is 0 Å². The molecule has 42 valence electrons. The monoisotopic (exact) mass is 118 g/mol. The minimum atomic E-state index is -0.158. The Balaban J connectivity index is 3.56. The van der Waals surface area contributed by atoms with Gasteiger partial charge in [-0.1, -0.05) is 12.2 Å². The Bertz CT molecular complexity index is 66.7. The maximum Gasteiger partial charge on any atom is 0.0569 e. The second-order valence-corrected chi connectivity index (χ2v) is 3.04. The van der Waals surface area contributed by atoms with Gasteiger partial charge in [0.25, 0.3) is 0 Å². The van der Waals surface area contributed by atoms with Crippen molar-refractivity contribution in [2.75, 3.05) is 0 Å². The lowest BCUT2D eigenvalue weighted by Gasteiger charge is -2.06. The fraction of sp³-hybridized carbons (Fsp3) is 0.667. The highest BCUT2D eigenvalue weighted by Gasteiger charge is 2.04. The topological polar surface area (TPSA) is 0 Å². The third-order valence-corrected chi connectivity index (χ3v) is 0.689. The molecule has 0 amide bonds. The zero-order valence-electron chi connectivity index (χ0n) is 5.03. The minimum Gasteiger partial charge on any atom is -0.115 e. The van der Waals surface area contributed by atoms with Crippen molar-refractivity contribution in [1.29, 1.82) is 0 Å². The average Bonchev–Trinajstić information content (AvgIpc) is 1.30. The second-order valence-electron chi connectivity index (χ2n) is 2.06. The van der Waals surface area contributed by atoms with Gasteiger partial charge in [0.05, 0.1) is 4.87 Å². The molecule has 0 aliphatic heterocycles. The van der Waals surface area contributed by atoms with Crippen molar-refractivity contribution in [3.05, 3.63) is 12.2 Å². The Morgan fingerprint density at radius 3 is 1.86 bits per heavy atom. The van der Waals surface area contributed by atoms with Crippen molar-refractivity contribution >= 4 is 11.6 Å². The van der Waals surface area contributed by atoms with Gasteiger partial charge in [-0.2, -0.15) is 0 Å². The van der Waals surface area contributed by atoms with Crippen LogP contribution in [-0.2, 0) is 0 Å². The second kappa shape index (κ2) is 2.37. The maximum atomic E-state index is 5.75. The molecule has 0 atom stereocenters. The first-order chi connectivity index (χ1) is 3.06. The number of hydrogen-bond acceptors (Lipinski definition) is 0.